The van der Waals surface area contributed by atoms with Crippen molar-refractivity contribution < 1.29 is 164 Å². The molecule has 700 valence electrons. The van der Waals surface area contributed by atoms with Gasteiger partial charge in [0.25, 0.3) is 0 Å². The van der Waals surface area contributed by atoms with Crippen molar-refractivity contribution in [2.75, 3.05) is 126 Å². The summed E-state index contributed by atoms with van der Waals surface area (Å²) in [5, 5.41) is 108. The molecule has 15 N–H and O–H groups in total. The van der Waals surface area contributed by atoms with Gasteiger partial charge < -0.3 is 125 Å². The fraction of sp³-hybridized carbons (Fsp3) is 0.885. The summed E-state index contributed by atoms with van der Waals surface area (Å²) in [6.45, 7) is 3.32. The van der Waals surface area contributed by atoms with Crippen LogP contribution < -0.4 is 16.0 Å². The molecule has 6 amide bonds. The number of ether oxygens (including phenoxy) is 7. The van der Waals surface area contributed by atoms with E-state index in [-0.39, 0.29) is 114 Å². The number of Topliss-reactive ketones (excluding diaryl/α,β-unsaturated/α-hetero) is 3. The zero-order valence-corrected chi connectivity index (χ0v) is 73.0. The maximum Gasteiger partial charge on any atom is 0.472 e. The molecule has 0 bridgehead atoms. The average Bonchev–Trinajstić information content (AvgIpc) is 0.818. The Bertz CT molecular complexity index is 2980. The van der Waals surface area contributed by atoms with Crippen LogP contribution in [0.15, 0.2) is 0 Å². The van der Waals surface area contributed by atoms with Gasteiger partial charge in [-0.1, -0.05) is 71.6 Å². The molecule has 17 atom stereocenters. The smallest absolute Gasteiger partial charge is 0.395 e. The fourth-order valence-corrected chi connectivity index (χ4v) is 14.9. The Hall–Kier alpha value is -4.63. The van der Waals surface area contributed by atoms with Crippen molar-refractivity contribution >= 4 is 68.4 Å². The molecule has 3 saturated heterocycles. The molecule has 3 rings (SSSR count). The van der Waals surface area contributed by atoms with Crippen LogP contribution >= 0.6 is 15.6 Å². The quantitative estimate of drug-likeness (QED) is 0.0304. The van der Waals surface area contributed by atoms with Crippen LogP contribution in [-0.2, 0) is 104 Å². The first-order chi connectivity index (χ1) is 57.3. The number of carbonyl (C=O) groups is 9. The predicted molar refractivity (Wildman–Crippen MR) is 431 cm³/mol. The summed E-state index contributed by atoms with van der Waals surface area (Å²) >= 11 is 0. The lowest BCUT2D eigenvalue weighted by atomic mass is 9.97. The van der Waals surface area contributed by atoms with Crippen LogP contribution in [0.25, 0.3) is 0 Å². The summed E-state index contributed by atoms with van der Waals surface area (Å²) in [5.41, 5.74) is 0. The van der Waals surface area contributed by atoms with Gasteiger partial charge in [0.15, 0.2) is 18.9 Å². The number of nitrogens with zero attached hydrogens (tertiary/aromatic N) is 3. The molecule has 3 aliphatic rings. The molecule has 120 heavy (non-hydrogen) atoms. The maximum absolute atomic E-state index is 13.7. The summed E-state index contributed by atoms with van der Waals surface area (Å²) in [6.07, 6.45) is -0.978. The van der Waals surface area contributed by atoms with Crippen LogP contribution in [0.4, 0.5) is 0 Å². The van der Waals surface area contributed by atoms with Gasteiger partial charge in [-0.05, 0) is 77.0 Å². The SMILES string of the molecule is CC.COCCN(CCOP(=O)(O)OCCN(CCOP(=O)(O)OCCN(CCO)C(=O)CCCCCCC(=O)CCCCCOC1OC(CO)C(O)C(O)C1NC(C)=O)C(=O)CCCCCCC(=O)CCCCCOC1OC(CO)C(O)C(O)C1NC(C)=O)C(=O)CCCCCCC(=O)CCCCCOC1OC(CO)C(O)C(O)C1NC(C)=O. The van der Waals surface area contributed by atoms with Crippen molar-refractivity contribution in [3.05, 3.63) is 0 Å². The predicted octanol–water partition coefficient (Wildman–Crippen LogP) is 1.70. The summed E-state index contributed by atoms with van der Waals surface area (Å²) in [4.78, 5) is 139. The number of hydrogen-bond acceptors (Lipinski definition) is 32. The number of ketones is 3. The van der Waals surface area contributed by atoms with Gasteiger partial charge in [-0.3, -0.25) is 61.2 Å². The number of phosphoric ester groups is 2. The highest BCUT2D eigenvalue weighted by Gasteiger charge is 2.48. The van der Waals surface area contributed by atoms with Crippen LogP contribution in [0, 0.1) is 0 Å². The number of amides is 6. The third-order valence-electron chi connectivity index (χ3n) is 20.1. The Kier molecular flexibility index (Phi) is 60.4. The van der Waals surface area contributed by atoms with Gasteiger partial charge in [-0.2, -0.15) is 0 Å². The number of carbonyl (C=O) groups excluding carboxylic acids is 9. The molecule has 42 heteroatoms. The second-order valence-corrected chi connectivity index (χ2v) is 32.7. The summed E-state index contributed by atoms with van der Waals surface area (Å²) < 4.78 is 86.3. The van der Waals surface area contributed by atoms with E-state index in [1.54, 1.807) is 0 Å². The molecule has 0 radical (unpaired) electrons. The molecule has 3 aliphatic heterocycles. The third-order valence-corrected chi connectivity index (χ3v) is 22.2. The molecular formula is C78H144N6O34P2. The number of unbranched alkanes of at least 4 members (excludes halogenated alkanes) is 15. The Morgan fingerprint density at radius 2 is 0.550 bits per heavy atom. The van der Waals surface area contributed by atoms with E-state index in [9.17, 15) is 113 Å². The molecule has 3 heterocycles. The van der Waals surface area contributed by atoms with E-state index in [0.29, 0.717) is 173 Å². The number of hydrogen-bond donors (Lipinski definition) is 15. The molecule has 0 saturated carbocycles. The monoisotopic (exact) mass is 1770 g/mol. The van der Waals surface area contributed by atoms with Crippen LogP contribution in [-0.4, -0.2) is 346 Å². The van der Waals surface area contributed by atoms with Gasteiger partial charge in [0.1, 0.15) is 90.4 Å². The molecule has 0 spiro atoms. The highest BCUT2D eigenvalue weighted by molar-refractivity contribution is 7.47. The van der Waals surface area contributed by atoms with Gasteiger partial charge in [0.05, 0.1) is 59.5 Å². The molecule has 0 aromatic heterocycles. The zero-order chi connectivity index (χ0) is 89.4. The molecule has 3 fully saturated rings. The maximum atomic E-state index is 13.7. The van der Waals surface area contributed by atoms with Crippen LogP contribution in [0.5, 0.6) is 0 Å². The fourth-order valence-electron chi connectivity index (χ4n) is 13.5. The van der Waals surface area contributed by atoms with Crippen LogP contribution in [0.3, 0.4) is 0 Å². The van der Waals surface area contributed by atoms with Gasteiger partial charge >= 0.3 is 15.6 Å². The van der Waals surface area contributed by atoms with E-state index in [4.69, 9.17) is 51.3 Å². The lowest BCUT2D eigenvalue weighted by Crippen LogP contribution is -2.64. The Labute approximate surface area is 705 Å². The highest BCUT2D eigenvalue weighted by Crippen LogP contribution is 2.44. The van der Waals surface area contributed by atoms with Crippen molar-refractivity contribution in [3.8, 4) is 0 Å². The van der Waals surface area contributed by atoms with E-state index in [1.165, 1.54) is 42.6 Å². The number of phosphoric acid groups is 2. The minimum Gasteiger partial charge on any atom is -0.395 e. The Morgan fingerprint density at radius 3 is 0.775 bits per heavy atom. The molecule has 0 aromatic carbocycles. The number of aliphatic hydroxyl groups excluding tert-OH is 10. The standard InChI is InChI=1S/C76H138N6O34P2.C2H6/c1-53(87)77-65-71(99)68(96)59(50-84)114-74(65)107-42-23-11-17-29-56(90)26-14-5-8-20-32-62(93)80(35-41-83)37-46-110-117(102,103)112-48-39-82(64(95)34-22-10-7-16-28-58(92)31-19-13-25-44-109-76-67(79-55(3)89)73(101)70(98)61(52-86)116-76)40-49-113-118(104,105)111-47-38-81(36-45-106-4)63(94)33-21-9-6-15-27-57(91)30-18-12-24-43-108-75-66(78-54(2)88)72(100)69(97)60(51-85)115-75;1-2/h59-61,65-76,83-86,96-101H,5-52H2,1-4H3,(H,77,87)(H,78,88)(H,79,89)(H,102,103)(H,104,105);1-2H3. The lowest BCUT2D eigenvalue weighted by molar-refractivity contribution is -0.270. The lowest BCUT2D eigenvalue weighted by Gasteiger charge is -2.42. The molecule has 0 aliphatic carbocycles. The van der Waals surface area contributed by atoms with Gasteiger partial charge in [0.2, 0.25) is 35.4 Å². The van der Waals surface area contributed by atoms with E-state index in [2.05, 4.69) is 16.0 Å². The van der Waals surface area contributed by atoms with Crippen LogP contribution in [0.2, 0.25) is 0 Å². The number of methoxy groups -OCH3 is 1. The van der Waals surface area contributed by atoms with E-state index >= 15 is 0 Å². The van der Waals surface area contributed by atoms with Crippen molar-refractivity contribution in [1.82, 2.24) is 30.7 Å². The molecular weight excluding hydrogens is 1630 g/mol. The zero-order valence-electron chi connectivity index (χ0n) is 71.2. The van der Waals surface area contributed by atoms with E-state index in [0.717, 1.165) is 0 Å². The minimum absolute atomic E-state index is 0.0333. The minimum atomic E-state index is -4.84. The normalized spacial score (nSPS) is 23.9. The molecule has 0 aromatic rings. The largest absolute Gasteiger partial charge is 0.472 e. The van der Waals surface area contributed by atoms with Crippen molar-refractivity contribution in [1.29, 1.82) is 0 Å². The number of nitrogens with one attached hydrogen (secondary N) is 3. The van der Waals surface area contributed by atoms with E-state index in [1.807, 2.05) is 13.8 Å². The first-order valence-electron chi connectivity index (χ1n) is 42.6. The topological polar surface area (TPSA) is 578 Å². The number of aliphatic hydroxyl groups is 10. The summed E-state index contributed by atoms with van der Waals surface area (Å²) in [7, 11) is -8.20. The Balaban J connectivity index is 0.0000242. The van der Waals surface area contributed by atoms with Crippen molar-refractivity contribution in [3.63, 3.8) is 0 Å². The number of rotatable bonds is 69. The third kappa shape index (κ3) is 47.1. The Morgan fingerprint density at radius 1 is 0.325 bits per heavy atom. The van der Waals surface area contributed by atoms with Gasteiger partial charge in [0, 0.05) is 145 Å². The van der Waals surface area contributed by atoms with Crippen molar-refractivity contribution in [2.45, 2.75) is 319 Å². The second kappa shape index (κ2) is 65.0. The second-order valence-electron chi connectivity index (χ2n) is 29.8. The summed E-state index contributed by atoms with van der Waals surface area (Å²) in [5.74, 6) is -2.32. The first kappa shape index (κ1) is 111. The average molecular weight is 1770 g/mol. The molecule has 40 nitrogen and oxygen atoms in total. The van der Waals surface area contributed by atoms with Gasteiger partial charge in [-0.15, -0.1) is 0 Å². The summed E-state index contributed by atoms with van der Waals surface area (Å²) in [6, 6.07) is -3.17. The van der Waals surface area contributed by atoms with E-state index < -0.39 is 184 Å². The van der Waals surface area contributed by atoms with Crippen LogP contribution in [0.1, 0.15) is 227 Å². The van der Waals surface area contributed by atoms with Gasteiger partial charge in [-0.25, -0.2) is 9.13 Å². The highest BCUT2D eigenvalue weighted by atomic mass is 31.2. The van der Waals surface area contributed by atoms with Crippen molar-refractivity contribution in [2.24, 2.45) is 0 Å². The molecule has 17 unspecified atom stereocenters. The first-order valence-corrected chi connectivity index (χ1v) is 45.6.